The van der Waals surface area contributed by atoms with Gasteiger partial charge in [-0.25, -0.2) is 18.1 Å². The molecule has 1 aliphatic carbocycles. The highest BCUT2D eigenvalue weighted by Crippen LogP contribution is 2.37. The van der Waals surface area contributed by atoms with Crippen LogP contribution in [0.1, 0.15) is 24.4 Å². The molecule has 2 N–H and O–H groups in total. The minimum absolute atomic E-state index is 0.0699. The second-order valence-corrected chi connectivity index (χ2v) is 12.9. The fraction of sp³-hybridized carbons (Fsp3) is 0.269. The van der Waals surface area contributed by atoms with Crippen LogP contribution in [0, 0.1) is 21.1 Å². The molecule has 1 fully saturated rings. The molecule has 2 aromatic heterocycles. The van der Waals surface area contributed by atoms with Gasteiger partial charge >= 0.3 is 0 Å². The molecule has 1 saturated carbocycles. The summed E-state index contributed by atoms with van der Waals surface area (Å²) in [6.07, 6.45) is 2.93. The van der Waals surface area contributed by atoms with Crippen LogP contribution in [0.25, 0.3) is 22.2 Å². The average Bonchev–Trinajstić information content (AvgIpc) is 3.71. The molecule has 1 aliphatic rings. The van der Waals surface area contributed by atoms with Crippen LogP contribution < -0.4 is 20.7 Å². The van der Waals surface area contributed by atoms with Gasteiger partial charge in [-0.15, -0.1) is 0 Å². The maximum atomic E-state index is 14.8. The third-order valence-corrected chi connectivity index (χ3v) is 8.69. The predicted octanol–water partition coefficient (Wildman–Crippen LogP) is 4.92. The lowest BCUT2D eigenvalue weighted by atomic mass is 10.0. The molecule has 198 valence electrons. The van der Waals surface area contributed by atoms with Gasteiger partial charge in [0, 0.05) is 35.0 Å². The zero-order valence-electron chi connectivity index (χ0n) is 21.2. The second-order valence-electron chi connectivity index (χ2n) is 9.52. The first-order valence-corrected chi connectivity index (χ1v) is 14.8. The molecule has 0 radical (unpaired) electrons. The highest BCUT2D eigenvalue weighted by atomic mass is 127. The molecule has 9 nitrogen and oxygen atoms in total. The lowest BCUT2D eigenvalue weighted by molar-refractivity contribution is 0.607. The third kappa shape index (κ3) is 4.59. The molecule has 12 heteroatoms. The molecule has 0 saturated heterocycles. The van der Waals surface area contributed by atoms with Gasteiger partial charge in [-0.05, 0) is 72.7 Å². The Morgan fingerprint density at radius 3 is 2.53 bits per heavy atom. The zero-order valence-corrected chi connectivity index (χ0v) is 24.2. The third-order valence-electron chi connectivity index (χ3n) is 6.77. The van der Waals surface area contributed by atoms with E-state index in [9.17, 15) is 18.2 Å². The Hall–Kier alpha value is -3.26. The number of nitrogens with one attached hydrogen (secondary N) is 2. The molecular weight excluding hydrogens is 622 g/mol. The molecular formula is C26H26FIN6O3S. The second kappa shape index (κ2) is 9.49. The standard InChI is InChI=1S/C26H26FIN6O3S/c1-14-22(30-20-11-8-16(28)13-19(20)27)21-24(32(2)25(14)35)23(31-34(26(21)36)17-9-10-17)15-6-5-7-18(12-15)33(3)38(4,29)37/h5-8,11-13,17,29-30H,9-10H2,1-4H3/t38-/m0/s1. The molecule has 2 aromatic carbocycles. The molecule has 0 unspecified atom stereocenters. The van der Waals surface area contributed by atoms with E-state index in [4.69, 9.17) is 9.88 Å². The maximum Gasteiger partial charge on any atom is 0.278 e. The molecule has 0 spiro atoms. The first-order chi connectivity index (χ1) is 17.9. The van der Waals surface area contributed by atoms with Crippen molar-refractivity contribution >= 4 is 60.5 Å². The molecule has 1 atom stereocenters. The number of fused-ring (bicyclic) bond motifs is 1. The topological polar surface area (TPSA) is 113 Å². The Balaban J connectivity index is 1.85. The normalized spacial score (nSPS) is 14.9. The van der Waals surface area contributed by atoms with Gasteiger partial charge in [-0.3, -0.25) is 13.9 Å². The molecule has 0 amide bonds. The number of aromatic nitrogens is 3. The summed E-state index contributed by atoms with van der Waals surface area (Å²) in [6.45, 7) is 1.61. The van der Waals surface area contributed by atoms with Crippen LogP contribution in [0.5, 0.6) is 0 Å². The molecule has 0 bridgehead atoms. The molecule has 38 heavy (non-hydrogen) atoms. The number of aryl methyl sites for hydroxylation is 1. The van der Waals surface area contributed by atoms with Crippen LogP contribution >= 0.6 is 22.6 Å². The average molecular weight is 649 g/mol. The Bertz CT molecular complexity index is 1850. The van der Waals surface area contributed by atoms with Crippen molar-refractivity contribution in [2.45, 2.75) is 25.8 Å². The van der Waals surface area contributed by atoms with Crippen molar-refractivity contribution in [1.29, 1.82) is 4.78 Å². The number of benzene rings is 2. The van der Waals surface area contributed by atoms with E-state index in [0.29, 0.717) is 26.0 Å². The van der Waals surface area contributed by atoms with Crippen molar-refractivity contribution in [2.75, 3.05) is 22.9 Å². The number of hydrogen-bond donors (Lipinski definition) is 2. The lowest BCUT2D eigenvalue weighted by Crippen LogP contribution is -2.30. The van der Waals surface area contributed by atoms with E-state index in [-0.39, 0.29) is 39.5 Å². The fourth-order valence-corrected chi connectivity index (χ4v) is 5.40. The van der Waals surface area contributed by atoms with Gasteiger partial charge < -0.3 is 9.88 Å². The molecule has 4 aromatic rings. The van der Waals surface area contributed by atoms with E-state index in [1.807, 2.05) is 22.6 Å². The number of nitrogens with zero attached hydrogens (tertiary/aromatic N) is 4. The molecule has 2 heterocycles. The monoisotopic (exact) mass is 648 g/mol. The summed E-state index contributed by atoms with van der Waals surface area (Å²) in [4.78, 5) is 27.2. The minimum atomic E-state index is -3.03. The number of anilines is 3. The van der Waals surface area contributed by atoms with Gasteiger partial charge in [-0.2, -0.15) is 5.10 Å². The molecule has 0 aliphatic heterocycles. The minimum Gasteiger partial charge on any atom is -0.352 e. The Morgan fingerprint density at radius 2 is 1.89 bits per heavy atom. The summed E-state index contributed by atoms with van der Waals surface area (Å²) in [5, 5.41) is 7.97. The van der Waals surface area contributed by atoms with Gasteiger partial charge in [0.25, 0.3) is 11.1 Å². The van der Waals surface area contributed by atoms with Crippen molar-refractivity contribution < 1.29 is 8.60 Å². The van der Waals surface area contributed by atoms with E-state index in [1.54, 1.807) is 57.4 Å². The van der Waals surface area contributed by atoms with Crippen LogP contribution in [-0.4, -0.2) is 31.9 Å². The van der Waals surface area contributed by atoms with Crippen molar-refractivity contribution in [1.82, 2.24) is 14.3 Å². The van der Waals surface area contributed by atoms with Gasteiger partial charge in [0.2, 0.25) is 0 Å². The van der Waals surface area contributed by atoms with Crippen LogP contribution in [0.15, 0.2) is 52.1 Å². The SMILES string of the molecule is Cc1c(Nc2ccc(I)cc2F)c2c(=O)n(C3CC3)nc(-c3cccc(N(C)[S@](C)(=N)=O)c3)c2n(C)c1=O. The summed E-state index contributed by atoms with van der Waals surface area (Å²) < 4.78 is 40.1. The number of halogens is 2. The summed E-state index contributed by atoms with van der Waals surface area (Å²) in [5.74, 6) is -0.504. The summed E-state index contributed by atoms with van der Waals surface area (Å²) >= 11 is 2.01. The highest BCUT2D eigenvalue weighted by molar-refractivity contribution is 14.1. The van der Waals surface area contributed by atoms with Crippen LogP contribution in [0.4, 0.5) is 21.5 Å². The first-order valence-electron chi connectivity index (χ1n) is 11.8. The Kier molecular flexibility index (Phi) is 6.58. The van der Waals surface area contributed by atoms with Crippen LogP contribution in [0.2, 0.25) is 0 Å². The predicted molar refractivity (Wildman–Crippen MR) is 157 cm³/mol. The maximum absolute atomic E-state index is 14.8. The highest BCUT2D eigenvalue weighted by Gasteiger charge is 2.30. The van der Waals surface area contributed by atoms with Crippen molar-refractivity contribution in [3.8, 4) is 11.3 Å². The van der Waals surface area contributed by atoms with E-state index >= 15 is 0 Å². The molecule has 5 rings (SSSR count). The van der Waals surface area contributed by atoms with E-state index < -0.39 is 15.7 Å². The van der Waals surface area contributed by atoms with Gasteiger partial charge in [0.05, 0.1) is 34.0 Å². The Morgan fingerprint density at radius 1 is 1.18 bits per heavy atom. The first kappa shape index (κ1) is 26.4. The zero-order chi connectivity index (χ0) is 27.5. The van der Waals surface area contributed by atoms with Crippen LogP contribution in [0.3, 0.4) is 0 Å². The number of rotatable bonds is 6. The van der Waals surface area contributed by atoms with Crippen molar-refractivity contribution in [3.05, 3.63) is 78.1 Å². The van der Waals surface area contributed by atoms with Gasteiger partial charge in [0.15, 0.2) is 0 Å². The van der Waals surface area contributed by atoms with Crippen molar-refractivity contribution in [3.63, 3.8) is 0 Å². The van der Waals surface area contributed by atoms with Crippen LogP contribution in [-0.2, 0) is 17.0 Å². The lowest BCUT2D eigenvalue weighted by Gasteiger charge is -2.21. The van der Waals surface area contributed by atoms with Gasteiger partial charge in [-0.1, -0.05) is 12.1 Å². The van der Waals surface area contributed by atoms with E-state index in [1.165, 1.54) is 25.9 Å². The smallest absolute Gasteiger partial charge is 0.278 e. The number of hydrogen-bond acceptors (Lipinski definition) is 6. The summed E-state index contributed by atoms with van der Waals surface area (Å²) in [7, 11) is 0.124. The Labute approximate surface area is 232 Å². The quantitative estimate of drug-likeness (QED) is 0.289. The summed E-state index contributed by atoms with van der Waals surface area (Å²) in [5.41, 5.74) is 1.76. The van der Waals surface area contributed by atoms with Crippen molar-refractivity contribution in [2.24, 2.45) is 7.05 Å². The number of pyridine rings is 1. The fourth-order valence-electron chi connectivity index (χ4n) is 4.43. The largest absolute Gasteiger partial charge is 0.352 e. The van der Waals surface area contributed by atoms with Gasteiger partial charge in [0.1, 0.15) is 21.4 Å². The van der Waals surface area contributed by atoms with E-state index in [0.717, 1.165) is 12.8 Å². The summed E-state index contributed by atoms with van der Waals surface area (Å²) in [6, 6.07) is 11.6. The van der Waals surface area contributed by atoms with E-state index in [2.05, 4.69) is 5.32 Å².